The van der Waals surface area contributed by atoms with Gasteiger partial charge in [-0.15, -0.1) is 0 Å². The highest BCUT2D eigenvalue weighted by Gasteiger charge is 2.29. The van der Waals surface area contributed by atoms with E-state index in [-0.39, 0.29) is 0 Å². The lowest BCUT2D eigenvalue weighted by Gasteiger charge is -2.34. The van der Waals surface area contributed by atoms with Gasteiger partial charge in [-0.1, -0.05) is 13.8 Å². The Morgan fingerprint density at radius 3 is 2.69 bits per heavy atom. The minimum atomic E-state index is 0.334. The average molecular weight is 184 g/mol. The zero-order chi connectivity index (χ0) is 9.90. The van der Waals surface area contributed by atoms with E-state index in [2.05, 4.69) is 37.9 Å². The van der Waals surface area contributed by atoms with Gasteiger partial charge >= 0.3 is 0 Å². The van der Waals surface area contributed by atoms with Crippen molar-refractivity contribution in [3.05, 3.63) is 0 Å². The van der Waals surface area contributed by atoms with Gasteiger partial charge < -0.3 is 5.32 Å². The van der Waals surface area contributed by atoms with Crippen molar-refractivity contribution in [2.45, 2.75) is 52.1 Å². The van der Waals surface area contributed by atoms with Crippen LogP contribution in [0.3, 0.4) is 0 Å². The van der Waals surface area contributed by atoms with E-state index < -0.39 is 0 Å². The topological polar surface area (TPSA) is 15.3 Å². The summed E-state index contributed by atoms with van der Waals surface area (Å²) in [6.07, 6.45) is 2.50. The minimum Gasteiger partial charge on any atom is -0.310 e. The average Bonchev–Trinajstić information content (AvgIpc) is 2.27. The molecule has 0 aromatic carbocycles. The number of hydrogen-bond acceptors (Lipinski definition) is 2. The van der Waals surface area contributed by atoms with Gasteiger partial charge in [-0.05, 0) is 39.8 Å². The van der Waals surface area contributed by atoms with E-state index in [1.807, 2.05) is 0 Å². The van der Waals surface area contributed by atoms with E-state index in [0.717, 1.165) is 6.04 Å². The zero-order valence-corrected chi connectivity index (χ0v) is 9.56. The smallest absolute Gasteiger partial charge is 0.0277 e. The van der Waals surface area contributed by atoms with Crippen LogP contribution in [0.25, 0.3) is 0 Å². The van der Waals surface area contributed by atoms with Crippen molar-refractivity contribution in [3.8, 4) is 0 Å². The molecule has 2 unspecified atom stereocenters. The van der Waals surface area contributed by atoms with Gasteiger partial charge in [0.15, 0.2) is 0 Å². The highest BCUT2D eigenvalue weighted by atomic mass is 15.2. The Kier molecular flexibility index (Phi) is 3.74. The van der Waals surface area contributed by atoms with E-state index in [1.54, 1.807) is 0 Å². The largest absolute Gasteiger partial charge is 0.310 e. The van der Waals surface area contributed by atoms with Crippen LogP contribution in [0, 0.1) is 0 Å². The third-order valence-electron chi connectivity index (χ3n) is 3.48. The van der Waals surface area contributed by atoms with Crippen molar-refractivity contribution in [2.24, 2.45) is 0 Å². The van der Waals surface area contributed by atoms with Crippen molar-refractivity contribution < 1.29 is 0 Å². The minimum absolute atomic E-state index is 0.334. The molecule has 1 aliphatic rings. The highest BCUT2D eigenvalue weighted by molar-refractivity contribution is 4.89. The number of likely N-dealkylation sites (N-methyl/N-ethyl adjacent to an activating group) is 1. The van der Waals surface area contributed by atoms with Crippen LogP contribution >= 0.6 is 0 Å². The molecule has 0 bridgehead atoms. The van der Waals surface area contributed by atoms with Gasteiger partial charge in [0.2, 0.25) is 0 Å². The van der Waals surface area contributed by atoms with Crippen molar-refractivity contribution in [3.63, 3.8) is 0 Å². The number of hydrogen-bond donors (Lipinski definition) is 1. The van der Waals surface area contributed by atoms with Crippen molar-refractivity contribution in [2.75, 3.05) is 19.6 Å². The van der Waals surface area contributed by atoms with Crippen LogP contribution < -0.4 is 5.32 Å². The standard InChI is InChI=1S/C11H24N2/c1-5-11(4)9-13(6-2)10(3)7-8-12-11/h10,12H,5-9H2,1-4H3. The second kappa shape index (κ2) is 4.43. The fourth-order valence-corrected chi connectivity index (χ4v) is 2.09. The molecule has 78 valence electrons. The van der Waals surface area contributed by atoms with Crippen molar-refractivity contribution in [1.82, 2.24) is 10.2 Å². The van der Waals surface area contributed by atoms with Crippen LogP contribution in [-0.4, -0.2) is 36.1 Å². The summed E-state index contributed by atoms with van der Waals surface area (Å²) in [6.45, 7) is 12.8. The van der Waals surface area contributed by atoms with E-state index in [9.17, 15) is 0 Å². The molecule has 1 rings (SSSR count). The Labute approximate surface area is 82.7 Å². The van der Waals surface area contributed by atoms with E-state index in [1.165, 1.54) is 32.5 Å². The molecule has 1 aliphatic heterocycles. The second-order valence-electron chi connectivity index (χ2n) is 4.54. The summed E-state index contributed by atoms with van der Waals surface area (Å²) in [5.41, 5.74) is 0.334. The first kappa shape index (κ1) is 11.0. The zero-order valence-electron chi connectivity index (χ0n) is 9.56. The molecule has 0 aromatic heterocycles. The van der Waals surface area contributed by atoms with Crippen molar-refractivity contribution >= 4 is 0 Å². The van der Waals surface area contributed by atoms with Crippen LogP contribution in [0.15, 0.2) is 0 Å². The summed E-state index contributed by atoms with van der Waals surface area (Å²) < 4.78 is 0. The summed E-state index contributed by atoms with van der Waals surface area (Å²) in [5, 5.41) is 3.66. The molecule has 2 heteroatoms. The molecular formula is C11H24N2. The summed E-state index contributed by atoms with van der Waals surface area (Å²) >= 11 is 0. The Morgan fingerprint density at radius 2 is 2.15 bits per heavy atom. The molecule has 0 amide bonds. The first-order chi connectivity index (χ1) is 6.11. The molecule has 2 atom stereocenters. The van der Waals surface area contributed by atoms with E-state index in [4.69, 9.17) is 0 Å². The van der Waals surface area contributed by atoms with E-state index in [0.29, 0.717) is 5.54 Å². The van der Waals surface area contributed by atoms with Crippen LogP contribution in [0.1, 0.15) is 40.5 Å². The molecular weight excluding hydrogens is 160 g/mol. The monoisotopic (exact) mass is 184 g/mol. The molecule has 1 saturated heterocycles. The third kappa shape index (κ3) is 2.68. The van der Waals surface area contributed by atoms with Gasteiger partial charge in [-0.3, -0.25) is 4.90 Å². The summed E-state index contributed by atoms with van der Waals surface area (Å²) in [5.74, 6) is 0. The van der Waals surface area contributed by atoms with Gasteiger partial charge in [-0.25, -0.2) is 0 Å². The first-order valence-electron chi connectivity index (χ1n) is 5.60. The van der Waals surface area contributed by atoms with Crippen LogP contribution in [-0.2, 0) is 0 Å². The number of rotatable bonds is 2. The fraction of sp³-hybridized carbons (Fsp3) is 1.00. The van der Waals surface area contributed by atoms with Gasteiger partial charge in [-0.2, -0.15) is 0 Å². The Morgan fingerprint density at radius 1 is 1.46 bits per heavy atom. The maximum atomic E-state index is 3.66. The maximum absolute atomic E-state index is 3.66. The number of nitrogens with zero attached hydrogens (tertiary/aromatic N) is 1. The van der Waals surface area contributed by atoms with Crippen LogP contribution in [0.5, 0.6) is 0 Å². The molecule has 0 aromatic rings. The Bertz CT molecular complexity index is 158. The van der Waals surface area contributed by atoms with Gasteiger partial charge in [0.05, 0.1) is 0 Å². The Balaban J connectivity index is 2.63. The lowest BCUT2D eigenvalue weighted by molar-refractivity contribution is 0.180. The third-order valence-corrected chi connectivity index (χ3v) is 3.48. The summed E-state index contributed by atoms with van der Waals surface area (Å²) in [4.78, 5) is 2.59. The quantitative estimate of drug-likeness (QED) is 0.704. The lowest BCUT2D eigenvalue weighted by Crippen LogP contribution is -2.49. The Hall–Kier alpha value is -0.0800. The molecule has 13 heavy (non-hydrogen) atoms. The molecule has 0 aliphatic carbocycles. The van der Waals surface area contributed by atoms with Crippen LogP contribution in [0.4, 0.5) is 0 Å². The normalized spacial score (nSPS) is 37.4. The lowest BCUT2D eigenvalue weighted by atomic mass is 9.98. The highest BCUT2D eigenvalue weighted by Crippen LogP contribution is 2.18. The molecule has 0 radical (unpaired) electrons. The van der Waals surface area contributed by atoms with Crippen LogP contribution in [0.2, 0.25) is 0 Å². The van der Waals surface area contributed by atoms with E-state index >= 15 is 0 Å². The molecule has 2 nitrogen and oxygen atoms in total. The molecule has 1 N–H and O–H groups in total. The second-order valence-corrected chi connectivity index (χ2v) is 4.54. The fourth-order valence-electron chi connectivity index (χ4n) is 2.09. The number of nitrogens with one attached hydrogen (secondary N) is 1. The molecule has 1 heterocycles. The molecule has 0 saturated carbocycles. The van der Waals surface area contributed by atoms with Gasteiger partial charge in [0.1, 0.15) is 0 Å². The predicted octanol–water partition coefficient (Wildman–Crippen LogP) is 1.86. The summed E-state index contributed by atoms with van der Waals surface area (Å²) in [7, 11) is 0. The van der Waals surface area contributed by atoms with Gasteiger partial charge in [0.25, 0.3) is 0 Å². The maximum Gasteiger partial charge on any atom is 0.0277 e. The van der Waals surface area contributed by atoms with Crippen molar-refractivity contribution in [1.29, 1.82) is 0 Å². The molecule has 0 spiro atoms. The SMILES string of the molecule is CCN1CC(C)(CC)NCCC1C. The van der Waals surface area contributed by atoms with Gasteiger partial charge in [0, 0.05) is 18.1 Å². The first-order valence-corrected chi connectivity index (χ1v) is 5.60. The summed E-state index contributed by atoms with van der Waals surface area (Å²) in [6, 6.07) is 0.742. The molecule has 1 fully saturated rings. The predicted molar refractivity (Wildman–Crippen MR) is 58.0 cm³/mol.